The number of aryl methyl sites for hydroxylation is 1. The zero-order valence-electron chi connectivity index (χ0n) is 13.1. The fourth-order valence-electron chi connectivity index (χ4n) is 2.19. The molecule has 0 fully saturated rings. The van der Waals surface area contributed by atoms with Gasteiger partial charge in [0.25, 0.3) is 0 Å². The number of nitrogens with zero attached hydrogens (tertiary/aromatic N) is 1. The van der Waals surface area contributed by atoms with Gasteiger partial charge in [-0.2, -0.15) is 0 Å². The molecule has 1 aromatic carbocycles. The van der Waals surface area contributed by atoms with Crippen molar-refractivity contribution in [1.82, 2.24) is 5.32 Å². The molecule has 116 valence electrons. The molecule has 0 bridgehead atoms. The van der Waals surface area contributed by atoms with Crippen molar-refractivity contribution in [3.63, 3.8) is 0 Å². The molecule has 1 aromatic rings. The van der Waals surface area contributed by atoms with Crippen molar-refractivity contribution in [3.8, 4) is 0 Å². The van der Waals surface area contributed by atoms with Gasteiger partial charge < -0.3 is 10.4 Å². The van der Waals surface area contributed by atoms with Crippen molar-refractivity contribution >= 4 is 17.7 Å². The molecule has 1 atom stereocenters. The molecule has 0 saturated heterocycles. The second-order valence-electron chi connectivity index (χ2n) is 5.41. The van der Waals surface area contributed by atoms with Crippen LogP contribution in [0.2, 0.25) is 0 Å². The summed E-state index contributed by atoms with van der Waals surface area (Å²) in [4.78, 5) is 25.1. The predicted octanol–water partition coefficient (Wildman–Crippen LogP) is 2.89. The van der Waals surface area contributed by atoms with Gasteiger partial charge in [0.2, 0.25) is 0 Å². The maximum absolute atomic E-state index is 12.3. The Kier molecular flexibility index (Phi) is 6.21. The number of nitrogens with one attached hydrogen (secondary N) is 1. The van der Waals surface area contributed by atoms with Gasteiger partial charge in [-0.1, -0.05) is 32.0 Å². The van der Waals surface area contributed by atoms with E-state index >= 15 is 0 Å². The van der Waals surface area contributed by atoms with E-state index in [9.17, 15) is 9.59 Å². The number of carbonyl (C=O) groups is 2. The molecule has 0 spiro atoms. The van der Waals surface area contributed by atoms with Crippen LogP contribution in [0.3, 0.4) is 0 Å². The van der Waals surface area contributed by atoms with Gasteiger partial charge in [-0.3, -0.25) is 9.69 Å². The molecule has 0 aliphatic rings. The Morgan fingerprint density at radius 2 is 1.90 bits per heavy atom. The van der Waals surface area contributed by atoms with Crippen LogP contribution < -0.4 is 10.2 Å². The molecular weight excluding hydrogens is 268 g/mol. The number of carboxylic acid groups (broad SMARTS) is 1. The average molecular weight is 292 g/mol. The lowest BCUT2D eigenvalue weighted by Crippen LogP contribution is -2.44. The van der Waals surface area contributed by atoms with E-state index in [4.69, 9.17) is 5.11 Å². The lowest BCUT2D eigenvalue weighted by atomic mass is 9.96. The van der Waals surface area contributed by atoms with Crippen molar-refractivity contribution < 1.29 is 14.7 Å². The fourth-order valence-corrected chi connectivity index (χ4v) is 2.19. The maximum atomic E-state index is 12.3. The maximum Gasteiger partial charge on any atom is 0.321 e. The molecule has 1 rings (SSSR count). The summed E-state index contributed by atoms with van der Waals surface area (Å²) in [5.74, 6) is -1.50. The van der Waals surface area contributed by atoms with E-state index in [-0.39, 0.29) is 18.5 Å². The Morgan fingerprint density at radius 3 is 2.38 bits per heavy atom. The van der Waals surface area contributed by atoms with Crippen molar-refractivity contribution in [2.45, 2.75) is 27.7 Å². The molecule has 1 unspecified atom stereocenters. The number of benzene rings is 1. The molecule has 5 nitrogen and oxygen atoms in total. The molecule has 0 radical (unpaired) electrons. The highest BCUT2D eigenvalue weighted by Crippen LogP contribution is 2.19. The number of anilines is 1. The Bertz CT molecular complexity index is 500. The van der Waals surface area contributed by atoms with Crippen LogP contribution in [0.5, 0.6) is 0 Å². The van der Waals surface area contributed by atoms with Crippen LogP contribution in [0.15, 0.2) is 24.3 Å². The quantitative estimate of drug-likeness (QED) is 0.847. The van der Waals surface area contributed by atoms with E-state index in [1.807, 2.05) is 52.0 Å². The molecule has 0 aliphatic carbocycles. The summed E-state index contributed by atoms with van der Waals surface area (Å²) in [5.41, 5.74) is 1.85. The number of rotatable bonds is 6. The van der Waals surface area contributed by atoms with Crippen LogP contribution >= 0.6 is 0 Å². The van der Waals surface area contributed by atoms with Gasteiger partial charge in [0.05, 0.1) is 5.92 Å². The zero-order chi connectivity index (χ0) is 16.0. The second-order valence-corrected chi connectivity index (χ2v) is 5.41. The third-order valence-corrected chi connectivity index (χ3v) is 3.56. The highest BCUT2D eigenvalue weighted by atomic mass is 16.4. The molecule has 0 heterocycles. The summed E-state index contributed by atoms with van der Waals surface area (Å²) in [6.07, 6.45) is 0. The highest BCUT2D eigenvalue weighted by molar-refractivity contribution is 5.92. The van der Waals surface area contributed by atoms with E-state index in [0.717, 1.165) is 11.3 Å². The summed E-state index contributed by atoms with van der Waals surface area (Å²) in [7, 11) is 0. The third kappa shape index (κ3) is 4.48. The second kappa shape index (κ2) is 7.67. The molecular formula is C16H24N2O3. The van der Waals surface area contributed by atoms with E-state index < -0.39 is 11.9 Å². The van der Waals surface area contributed by atoms with E-state index in [2.05, 4.69) is 5.32 Å². The molecule has 2 amide bonds. The summed E-state index contributed by atoms with van der Waals surface area (Å²) in [6, 6.07) is 7.37. The lowest BCUT2D eigenvalue weighted by Gasteiger charge is -2.25. The Labute approximate surface area is 126 Å². The minimum Gasteiger partial charge on any atom is -0.481 e. The molecule has 0 saturated carbocycles. The summed E-state index contributed by atoms with van der Waals surface area (Å²) >= 11 is 0. The number of carbonyl (C=O) groups excluding carboxylic acids is 1. The standard InChI is InChI=1S/C16H24N2O3/c1-5-18(14-9-7-6-8-12(14)4)16(21)17-10-13(11(2)3)15(19)20/h6-9,11,13H,5,10H2,1-4H3,(H,17,21)(H,19,20). The van der Waals surface area contributed by atoms with Crippen LogP contribution in [0, 0.1) is 18.8 Å². The van der Waals surface area contributed by atoms with Gasteiger partial charge in [-0.05, 0) is 31.4 Å². The minimum absolute atomic E-state index is 0.0312. The number of aliphatic carboxylic acids is 1. The van der Waals surface area contributed by atoms with Gasteiger partial charge in [0.15, 0.2) is 0 Å². The SMILES string of the molecule is CCN(C(=O)NCC(C(=O)O)C(C)C)c1ccccc1C. The number of hydrogen-bond acceptors (Lipinski definition) is 2. The number of para-hydroxylation sites is 1. The van der Waals surface area contributed by atoms with Gasteiger partial charge in [-0.25, -0.2) is 4.79 Å². The first-order valence-corrected chi connectivity index (χ1v) is 7.22. The summed E-state index contributed by atoms with van der Waals surface area (Å²) in [5, 5.41) is 11.9. The lowest BCUT2D eigenvalue weighted by molar-refractivity contribution is -0.142. The van der Waals surface area contributed by atoms with Crippen LogP contribution in [-0.4, -0.2) is 30.2 Å². The van der Waals surface area contributed by atoms with Gasteiger partial charge in [0.1, 0.15) is 0 Å². The Hall–Kier alpha value is -2.04. The summed E-state index contributed by atoms with van der Waals surface area (Å²) in [6.45, 7) is 8.17. The summed E-state index contributed by atoms with van der Waals surface area (Å²) < 4.78 is 0. The predicted molar refractivity (Wildman–Crippen MR) is 83.6 cm³/mol. The highest BCUT2D eigenvalue weighted by Gasteiger charge is 2.23. The fraction of sp³-hybridized carbons (Fsp3) is 0.500. The topological polar surface area (TPSA) is 69.6 Å². The molecule has 5 heteroatoms. The number of urea groups is 1. The molecule has 21 heavy (non-hydrogen) atoms. The first kappa shape index (κ1) is 17.0. The molecule has 2 N–H and O–H groups in total. The monoisotopic (exact) mass is 292 g/mol. The zero-order valence-corrected chi connectivity index (χ0v) is 13.1. The molecule has 0 aromatic heterocycles. The van der Waals surface area contributed by atoms with E-state index in [0.29, 0.717) is 6.54 Å². The number of carboxylic acids is 1. The van der Waals surface area contributed by atoms with E-state index in [1.165, 1.54) is 0 Å². The van der Waals surface area contributed by atoms with Crippen molar-refractivity contribution in [2.75, 3.05) is 18.0 Å². The average Bonchev–Trinajstić information content (AvgIpc) is 2.41. The van der Waals surface area contributed by atoms with Crippen LogP contribution in [0.1, 0.15) is 26.3 Å². The normalized spacial score (nSPS) is 12.0. The van der Waals surface area contributed by atoms with Crippen LogP contribution in [-0.2, 0) is 4.79 Å². The first-order valence-electron chi connectivity index (χ1n) is 7.22. The first-order chi connectivity index (χ1) is 9.88. The van der Waals surface area contributed by atoms with Crippen molar-refractivity contribution in [1.29, 1.82) is 0 Å². The third-order valence-electron chi connectivity index (χ3n) is 3.56. The largest absolute Gasteiger partial charge is 0.481 e. The smallest absolute Gasteiger partial charge is 0.321 e. The van der Waals surface area contributed by atoms with Crippen LogP contribution in [0.25, 0.3) is 0 Å². The van der Waals surface area contributed by atoms with Gasteiger partial charge in [-0.15, -0.1) is 0 Å². The van der Waals surface area contributed by atoms with Gasteiger partial charge >= 0.3 is 12.0 Å². The Balaban J connectivity index is 2.77. The van der Waals surface area contributed by atoms with Crippen molar-refractivity contribution in [2.24, 2.45) is 11.8 Å². The van der Waals surface area contributed by atoms with Gasteiger partial charge in [0, 0.05) is 18.8 Å². The Morgan fingerprint density at radius 1 is 1.29 bits per heavy atom. The number of amides is 2. The number of hydrogen-bond donors (Lipinski definition) is 2. The van der Waals surface area contributed by atoms with Crippen molar-refractivity contribution in [3.05, 3.63) is 29.8 Å². The van der Waals surface area contributed by atoms with E-state index in [1.54, 1.807) is 4.90 Å². The molecule has 0 aliphatic heterocycles. The minimum atomic E-state index is -0.885. The van der Waals surface area contributed by atoms with Crippen LogP contribution in [0.4, 0.5) is 10.5 Å².